The molecule has 31 heavy (non-hydrogen) atoms. The summed E-state index contributed by atoms with van der Waals surface area (Å²) in [7, 11) is 0. The van der Waals surface area contributed by atoms with Crippen molar-refractivity contribution in [1.29, 1.82) is 0 Å². The molecule has 1 N–H and O–H groups in total. The van der Waals surface area contributed by atoms with Gasteiger partial charge in [0.2, 0.25) is 0 Å². The molecule has 5 aromatic rings. The standard InChI is InChI=1S/C25H18BrClN4/c1-16-24(18-7-11-20(27)12-8-18)25-29-22(17-5-3-2-4-6-17)15-23(31(25)30-16)28-21-13-9-19(26)10-14-21/h2-15,28H,1H3. The van der Waals surface area contributed by atoms with E-state index in [0.29, 0.717) is 5.02 Å². The Morgan fingerprint density at radius 2 is 1.58 bits per heavy atom. The molecule has 6 heteroatoms. The Morgan fingerprint density at radius 3 is 2.29 bits per heavy atom. The highest BCUT2D eigenvalue weighted by atomic mass is 79.9. The summed E-state index contributed by atoms with van der Waals surface area (Å²) in [6.45, 7) is 2.00. The van der Waals surface area contributed by atoms with Gasteiger partial charge in [0.25, 0.3) is 0 Å². The maximum atomic E-state index is 6.11. The first-order valence-electron chi connectivity index (χ1n) is 9.83. The van der Waals surface area contributed by atoms with Crippen LogP contribution in [0.25, 0.3) is 28.0 Å². The van der Waals surface area contributed by atoms with Gasteiger partial charge in [0.1, 0.15) is 5.82 Å². The van der Waals surface area contributed by atoms with Crippen LogP contribution in [0.3, 0.4) is 0 Å². The molecule has 0 fully saturated rings. The third-order valence-electron chi connectivity index (χ3n) is 5.08. The molecule has 0 unspecified atom stereocenters. The molecule has 0 atom stereocenters. The number of hydrogen-bond acceptors (Lipinski definition) is 3. The van der Waals surface area contributed by atoms with Gasteiger partial charge in [-0.2, -0.15) is 9.61 Å². The van der Waals surface area contributed by atoms with Crippen molar-refractivity contribution in [2.75, 3.05) is 5.32 Å². The van der Waals surface area contributed by atoms with Gasteiger partial charge in [-0.1, -0.05) is 70.0 Å². The Kier molecular flexibility index (Phi) is 5.22. The van der Waals surface area contributed by atoms with E-state index in [4.69, 9.17) is 21.7 Å². The first-order valence-corrected chi connectivity index (χ1v) is 11.0. The van der Waals surface area contributed by atoms with E-state index in [1.54, 1.807) is 0 Å². The smallest absolute Gasteiger partial charge is 0.166 e. The van der Waals surface area contributed by atoms with Crippen molar-refractivity contribution in [2.24, 2.45) is 0 Å². The van der Waals surface area contributed by atoms with Crippen LogP contribution in [0.15, 0.2) is 89.4 Å². The third kappa shape index (κ3) is 3.94. The van der Waals surface area contributed by atoms with Crippen molar-refractivity contribution in [3.8, 4) is 22.4 Å². The highest BCUT2D eigenvalue weighted by molar-refractivity contribution is 9.10. The number of anilines is 2. The van der Waals surface area contributed by atoms with Crippen LogP contribution in [0.5, 0.6) is 0 Å². The highest BCUT2D eigenvalue weighted by Gasteiger charge is 2.17. The molecule has 0 radical (unpaired) electrons. The zero-order valence-corrected chi connectivity index (χ0v) is 19.0. The molecule has 0 aliphatic rings. The summed E-state index contributed by atoms with van der Waals surface area (Å²) in [6, 6.07) is 28.0. The minimum absolute atomic E-state index is 0.702. The van der Waals surface area contributed by atoms with Crippen molar-refractivity contribution in [3.05, 3.63) is 100 Å². The van der Waals surface area contributed by atoms with E-state index in [1.807, 2.05) is 84.2 Å². The number of fused-ring (bicyclic) bond motifs is 1. The van der Waals surface area contributed by atoms with E-state index in [0.717, 1.165) is 49.7 Å². The molecule has 0 saturated heterocycles. The molecule has 0 bridgehead atoms. The topological polar surface area (TPSA) is 42.2 Å². The van der Waals surface area contributed by atoms with Crippen LogP contribution >= 0.6 is 27.5 Å². The Morgan fingerprint density at radius 1 is 0.871 bits per heavy atom. The molecule has 5 rings (SSSR count). The number of rotatable bonds is 4. The Balaban J connectivity index is 1.74. The fourth-order valence-electron chi connectivity index (χ4n) is 3.60. The molecule has 2 heterocycles. The van der Waals surface area contributed by atoms with Gasteiger partial charge in [0.15, 0.2) is 5.65 Å². The molecule has 0 spiro atoms. The minimum atomic E-state index is 0.702. The van der Waals surface area contributed by atoms with Gasteiger partial charge in [-0.05, 0) is 48.9 Å². The lowest BCUT2D eigenvalue weighted by molar-refractivity contribution is 0.926. The summed E-state index contributed by atoms with van der Waals surface area (Å²) in [5.41, 5.74) is 6.61. The lowest BCUT2D eigenvalue weighted by Gasteiger charge is -2.11. The van der Waals surface area contributed by atoms with Crippen LogP contribution in [0.4, 0.5) is 11.5 Å². The Labute approximate surface area is 193 Å². The number of benzene rings is 3. The largest absolute Gasteiger partial charge is 0.340 e. The maximum absolute atomic E-state index is 6.11. The van der Waals surface area contributed by atoms with E-state index in [1.165, 1.54) is 0 Å². The number of aryl methyl sites for hydroxylation is 1. The predicted molar refractivity (Wildman–Crippen MR) is 131 cm³/mol. The minimum Gasteiger partial charge on any atom is -0.340 e. The first-order chi connectivity index (χ1) is 15.1. The zero-order chi connectivity index (χ0) is 21.4. The van der Waals surface area contributed by atoms with Gasteiger partial charge in [0, 0.05) is 32.4 Å². The summed E-state index contributed by atoms with van der Waals surface area (Å²) < 4.78 is 2.90. The van der Waals surface area contributed by atoms with Crippen molar-refractivity contribution in [2.45, 2.75) is 6.92 Å². The summed E-state index contributed by atoms with van der Waals surface area (Å²) in [6.07, 6.45) is 0. The summed E-state index contributed by atoms with van der Waals surface area (Å²) in [4.78, 5) is 5.00. The molecule has 0 amide bonds. The summed E-state index contributed by atoms with van der Waals surface area (Å²) in [5, 5.41) is 9.02. The number of halogens is 2. The number of hydrogen-bond donors (Lipinski definition) is 1. The van der Waals surface area contributed by atoms with Crippen molar-refractivity contribution < 1.29 is 0 Å². The molecule has 2 aromatic heterocycles. The van der Waals surface area contributed by atoms with Crippen LogP contribution in [-0.4, -0.2) is 14.6 Å². The average Bonchev–Trinajstić information content (AvgIpc) is 3.12. The molecule has 152 valence electrons. The summed E-state index contributed by atoms with van der Waals surface area (Å²) >= 11 is 9.61. The van der Waals surface area contributed by atoms with Gasteiger partial charge >= 0.3 is 0 Å². The van der Waals surface area contributed by atoms with E-state index in [9.17, 15) is 0 Å². The fourth-order valence-corrected chi connectivity index (χ4v) is 4.00. The molecule has 4 nitrogen and oxygen atoms in total. The van der Waals surface area contributed by atoms with E-state index >= 15 is 0 Å². The van der Waals surface area contributed by atoms with Crippen LogP contribution < -0.4 is 5.32 Å². The molecular formula is C25H18BrClN4. The fraction of sp³-hybridized carbons (Fsp3) is 0.0400. The van der Waals surface area contributed by atoms with Crippen molar-refractivity contribution in [1.82, 2.24) is 14.6 Å². The Hall–Kier alpha value is -3.15. The van der Waals surface area contributed by atoms with Crippen molar-refractivity contribution in [3.63, 3.8) is 0 Å². The van der Waals surface area contributed by atoms with Crippen LogP contribution in [0.2, 0.25) is 5.02 Å². The SMILES string of the molecule is Cc1nn2c(Nc3ccc(Br)cc3)cc(-c3ccccc3)nc2c1-c1ccc(Cl)cc1. The Bertz CT molecular complexity index is 1360. The van der Waals surface area contributed by atoms with E-state index < -0.39 is 0 Å². The second-order valence-corrected chi connectivity index (χ2v) is 8.58. The second kappa shape index (κ2) is 8.17. The van der Waals surface area contributed by atoms with E-state index in [2.05, 4.69) is 33.4 Å². The highest BCUT2D eigenvalue weighted by Crippen LogP contribution is 2.33. The lowest BCUT2D eigenvalue weighted by Crippen LogP contribution is -2.02. The summed E-state index contributed by atoms with van der Waals surface area (Å²) in [5.74, 6) is 0.842. The van der Waals surface area contributed by atoms with E-state index in [-0.39, 0.29) is 0 Å². The van der Waals surface area contributed by atoms with Gasteiger partial charge in [0.05, 0.1) is 11.4 Å². The second-order valence-electron chi connectivity index (χ2n) is 7.23. The van der Waals surface area contributed by atoms with Gasteiger partial charge in [-0.25, -0.2) is 4.98 Å². The molecule has 0 aliphatic heterocycles. The third-order valence-corrected chi connectivity index (χ3v) is 5.86. The quantitative estimate of drug-likeness (QED) is 0.284. The molecule has 0 aliphatic carbocycles. The van der Waals surface area contributed by atoms with Crippen molar-refractivity contribution >= 4 is 44.7 Å². The average molecular weight is 490 g/mol. The monoisotopic (exact) mass is 488 g/mol. The predicted octanol–water partition coefficient (Wildman–Crippen LogP) is 7.53. The van der Waals surface area contributed by atoms with Gasteiger partial charge < -0.3 is 5.32 Å². The lowest BCUT2D eigenvalue weighted by atomic mass is 10.1. The van der Waals surface area contributed by atoms with Gasteiger partial charge in [-0.15, -0.1) is 0 Å². The van der Waals surface area contributed by atoms with Gasteiger partial charge in [-0.3, -0.25) is 0 Å². The number of nitrogens with one attached hydrogen (secondary N) is 1. The van der Waals surface area contributed by atoms with Crippen LogP contribution in [-0.2, 0) is 0 Å². The van der Waals surface area contributed by atoms with Crippen LogP contribution in [0.1, 0.15) is 5.69 Å². The molecule has 3 aromatic carbocycles. The zero-order valence-electron chi connectivity index (χ0n) is 16.7. The number of nitrogens with zero attached hydrogens (tertiary/aromatic N) is 3. The molecular weight excluding hydrogens is 472 g/mol. The number of aromatic nitrogens is 3. The first kappa shape index (κ1) is 19.8. The maximum Gasteiger partial charge on any atom is 0.166 e. The normalized spacial score (nSPS) is 11.1. The van der Waals surface area contributed by atoms with Crippen LogP contribution in [0, 0.1) is 6.92 Å². The molecule has 0 saturated carbocycles.